The average molecular weight is 683 g/mol. The summed E-state index contributed by atoms with van der Waals surface area (Å²) in [5.74, 6) is -0.319. The second-order valence-electron chi connectivity index (χ2n) is 11.9. The Morgan fingerprint density at radius 3 is 2.23 bits per heavy atom. The van der Waals surface area contributed by atoms with E-state index >= 15 is 0 Å². The number of nitrogens with zero attached hydrogens (tertiary/aromatic N) is 2. The van der Waals surface area contributed by atoms with E-state index in [4.69, 9.17) is 0 Å². The van der Waals surface area contributed by atoms with Gasteiger partial charge in [0.15, 0.2) is 0 Å². The topological polar surface area (TPSA) is 86.8 Å². The first-order valence-corrected chi connectivity index (χ1v) is 18.1. The van der Waals surface area contributed by atoms with Gasteiger partial charge >= 0.3 is 0 Å². The van der Waals surface area contributed by atoms with Crippen molar-refractivity contribution >= 4 is 43.5 Å². The van der Waals surface area contributed by atoms with Crippen LogP contribution in [0, 0.1) is 13.8 Å². The predicted octanol–water partition coefficient (Wildman–Crippen LogP) is 6.70. The molecule has 1 aliphatic rings. The molecule has 1 N–H and O–H groups in total. The lowest BCUT2D eigenvalue weighted by atomic mass is 9.94. The van der Waals surface area contributed by atoms with Gasteiger partial charge in [0.2, 0.25) is 21.8 Å². The van der Waals surface area contributed by atoms with Gasteiger partial charge in [0, 0.05) is 36.4 Å². The van der Waals surface area contributed by atoms with Crippen LogP contribution < -0.4 is 9.62 Å². The van der Waals surface area contributed by atoms with E-state index in [0.29, 0.717) is 18.5 Å². The van der Waals surface area contributed by atoms with E-state index in [1.54, 1.807) is 11.0 Å². The molecule has 9 heteroatoms. The summed E-state index contributed by atoms with van der Waals surface area (Å²) in [4.78, 5) is 29.7. The number of nitrogens with one attached hydrogen (secondary N) is 1. The fourth-order valence-electron chi connectivity index (χ4n) is 5.77. The molecule has 3 aromatic carbocycles. The molecule has 4 rings (SSSR count). The maximum Gasteiger partial charge on any atom is 0.243 e. The fourth-order valence-corrected chi connectivity index (χ4v) is 6.99. The van der Waals surface area contributed by atoms with Crippen LogP contribution in [0.1, 0.15) is 67.2 Å². The smallest absolute Gasteiger partial charge is 0.243 e. The molecule has 0 spiro atoms. The number of anilines is 1. The third-order valence-electron chi connectivity index (χ3n) is 8.42. The van der Waals surface area contributed by atoms with Crippen molar-refractivity contribution in [3.8, 4) is 0 Å². The molecule has 0 heterocycles. The summed E-state index contributed by atoms with van der Waals surface area (Å²) >= 11 is 3.49. The normalized spacial score (nSPS) is 14.5. The molecule has 3 aromatic rings. The molecule has 0 saturated heterocycles. The summed E-state index contributed by atoms with van der Waals surface area (Å²) in [5, 5.41) is 3.27. The predicted molar refractivity (Wildman–Crippen MR) is 181 cm³/mol. The molecule has 0 bridgehead atoms. The SMILES string of the molecule is Cc1ccc(N(CCCC(=O)N(Cc2ccc(Br)cc2)C(Cc2ccccc2)C(=O)NC2CCCCC2)S(C)(=O)=O)cc1C. The van der Waals surface area contributed by atoms with Gasteiger partial charge < -0.3 is 10.2 Å². The van der Waals surface area contributed by atoms with Crippen molar-refractivity contribution < 1.29 is 18.0 Å². The summed E-state index contributed by atoms with van der Waals surface area (Å²) in [6, 6.07) is 22.5. The fraction of sp³-hybridized carbons (Fsp3) is 0.429. The number of sulfonamides is 1. The van der Waals surface area contributed by atoms with Crippen molar-refractivity contribution in [3.63, 3.8) is 0 Å². The van der Waals surface area contributed by atoms with Crippen LogP contribution in [0.3, 0.4) is 0 Å². The molecule has 0 aliphatic heterocycles. The summed E-state index contributed by atoms with van der Waals surface area (Å²) in [6.07, 6.45) is 7.26. The lowest BCUT2D eigenvalue weighted by Gasteiger charge is -2.34. The van der Waals surface area contributed by atoms with E-state index in [2.05, 4.69) is 21.2 Å². The molecule has 44 heavy (non-hydrogen) atoms. The van der Waals surface area contributed by atoms with E-state index in [9.17, 15) is 18.0 Å². The van der Waals surface area contributed by atoms with Crippen LogP contribution in [-0.2, 0) is 32.6 Å². The zero-order valence-electron chi connectivity index (χ0n) is 26.0. The highest BCUT2D eigenvalue weighted by Gasteiger charge is 2.32. The molecule has 1 fully saturated rings. The largest absolute Gasteiger partial charge is 0.352 e. The van der Waals surface area contributed by atoms with Crippen molar-refractivity contribution in [2.45, 2.75) is 83.8 Å². The zero-order chi connectivity index (χ0) is 31.7. The maximum absolute atomic E-state index is 14.1. The van der Waals surface area contributed by atoms with Gasteiger partial charge in [-0.3, -0.25) is 13.9 Å². The van der Waals surface area contributed by atoms with Crippen LogP contribution in [-0.4, -0.2) is 50.0 Å². The summed E-state index contributed by atoms with van der Waals surface area (Å²) in [7, 11) is -3.57. The Kier molecular flexibility index (Phi) is 12.0. The maximum atomic E-state index is 14.1. The molecule has 2 amide bonds. The quantitative estimate of drug-likeness (QED) is 0.218. The second-order valence-corrected chi connectivity index (χ2v) is 14.7. The number of hydrogen-bond acceptors (Lipinski definition) is 4. The van der Waals surface area contributed by atoms with Crippen molar-refractivity contribution in [3.05, 3.63) is 99.5 Å². The van der Waals surface area contributed by atoms with Gasteiger partial charge in [-0.2, -0.15) is 0 Å². The molecule has 0 radical (unpaired) electrons. The third-order valence-corrected chi connectivity index (χ3v) is 10.1. The van der Waals surface area contributed by atoms with E-state index in [1.165, 1.54) is 17.0 Å². The molecule has 1 saturated carbocycles. The molecular weight excluding hydrogens is 638 g/mol. The van der Waals surface area contributed by atoms with Crippen LogP contribution in [0.25, 0.3) is 0 Å². The Balaban J connectivity index is 1.59. The number of amides is 2. The van der Waals surface area contributed by atoms with Crippen molar-refractivity contribution in [2.24, 2.45) is 0 Å². The Hall–Kier alpha value is -3.17. The Morgan fingerprint density at radius 2 is 1.59 bits per heavy atom. The summed E-state index contributed by atoms with van der Waals surface area (Å²) < 4.78 is 27.8. The monoisotopic (exact) mass is 681 g/mol. The Morgan fingerprint density at radius 1 is 0.909 bits per heavy atom. The minimum atomic E-state index is -3.57. The number of benzene rings is 3. The van der Waals surface area contributed by atoms with E-state index in [0.717, 1.165) is 52.4 Å². The molecule has 1 unspecified atom stereocenters. The zero-order valence-corrected chi connectivity index (χ0v) is 28.4. The van der Waals surface area contributed by atoms with Gasteiger partial charge in [0.1, 0.15) is 6.04 Å². The van der Waals surface area contributed by atoms with Gasteiger partial charge in [-0.15, -0.1) is 0 Å². The molecular formula is C35H44BrN3O4S. The lowest BCUT2D eigenvalue weighted by molar-refractivity contribution is -0.141. The number of hydrogen-bond donors (Lipinski definition) is 1. The number of halogens is 1. The molecule has 0 aromatic heterocycles. The first-order valence-electron chi connectivity index (χ1n) is 15.4. The van der Waals surface area contributed by atoms with E-state index < -0.39 is 16.1 Å². The number of aryl methyl sites for hydroxylation is 2. The van der Waals surface area contributed by atoms with E-state index in [-0.39, 0.29) is 37.4 Å². The van der Waals surface area contributed by atoms with Crippen LogP contribution >= 0.6 is 15.9 Å². The van der Waals surface area contributed by atoms with Gasteiger partial charge in [-0.05, 0) is 79.6 Å². The van der Waals surface area contributed by atoms with Crippen molar-refractivity contribution in [2.75, 3.05) is 17.1 Å². The van der Waals surface area contributed by atoms with Crippen LogP contribution in [0.5, 0.6) is 0 Å². The van der Waals surface area contributed by atoms with Crippen molar-refractivity contribution in [1.82, 2.24) is 10.2 Å². The molecule has 236 valence electrons. The Bertz CT molecular complexity index is 1510. The average Bonchev–Trinajstić information content (AvgIpc) is 3.00. The first kappa shape index (κ1) is 33.7. The number of carbonyl (C=O) groups is 2. The highest BCUT2D eigenvalue weighted by molar-refractivity contribution is 9.10. The van der Waals surface area contributed by atoms with Gasteiger partial charge in [-0.1, -0.05) is 83.7 Å². The van der Waals surface area contributed by atoms with Gasteiger partial charge in [0.25, 0.3) is 0 Å². The molecule has 1 aliphatic carbocycles. The number of carbonyl (C=O) groups excluding carboxylic acids is 2. The summed E-state index contributed by atoms with van der Waals surface area (Å²) in [5.41, 5.74) is 4.56. The van der Waals surface area contributed by atoms with Crippen LogP contribution in [0.4, 0.5) is 5.69 Å². The first-order chi connectivity index (χ1) is 21.0. The van der Waals surface area contributed by atoms with Gasteiger partial charge in [0.05, 0.1) is 11.9 Å². The number of rotatable bonds is 13. The molecule has 7 nitrogen and oxygen atoms in total. The van der Waals surface area contributed by atoms with Gasteiger partial charge in [-0.25, -0.2) is 8.42 Å². The summed E-state index contributed by atoms with van der Waals surface area (Å²) in [6.45, 7) is 4.37. The Labute approximate surface area is 271 Å². The van der Waals surface area contributed by atoms with Crippen LogP contribution in [0.15, 0.2) is 77.3 Å². The second kappa shape index (κ2) is 15.7. The van der Waals surface area contributed by atoms with E-state index in [1.807, 2.05) is 80.6 Å². The standard InChI is InChI=1S/C35H44BrN3O4S/c1-26-16-21-32(23-27(26)2)39(44(3,42)43)22-10-15-34(40)38(25-29-17-19-30(36)20-18-29)33(24-28-11-6-4-7-12-28)35(41)37-31-13-8-5-9-14-31/h4,6-7,11-12,16-21,23,31,33H,5,8-10,13-15,22,24-25H2,1-3H3,(H,37,41). The minimum absolute atomic E-state index is 0.107. The highest BCUT2D eigenvalue weighted by atomic mass is 79.9. The lowest BCUT2D eigenvalue weighted by Crippen LogP contribution is -2.52. The molecule has 1 atom stereocenters. The van der Waals surface area contributed by atoms with Crippen molar-refractivity contribution in [1.29, 1.82) is 0 Å². The minimum Gasteiger partial charge on any atom is -0.352 e. The van der Waals surface area contributed by atoms with Crippen LogP contribution in [0.2, 0.25) is 0 Å². The highest BCUT2D eigenvalue weighted by Crippen LogP contribution is 2.24. The third kappa shape index (κ3) is 9.66.